The van der Waals surface area contributed by atoms with Crippen LogP contribution >= 0.6 is 11.6 Å². The van der Waals surface area contributed by atoms with Crippen molar-refractivity contribution in [1.29, 1.82) is 0 Å². The highest BCUT2D eigenvalue weighted by atomic mass is 35.5. The minimum absolute atomic E-state index is 0.0635. The van der Waals surface area contributed by atoms with E-state index in [-0.39, 0.29) is 11.1 Å². The van der Waals surface area contributed by atoms with Gasteiger partial charge in [0.2, 0.25) is 5.89 Å². The molecule has 0 aliphatic carbocycles. The number of hydrogen-bond donors (Lipinski definition) is 1. The Balaban J connectivity index is 1.94. The van der Waals surface area contributed by atoms with Crippen molar-refractivity contribution >= 4 is 22.7 Å². The minimum Gasteiger partial charge on any atom is -0.437 e. The summed E-state index contributed by atoms with van der Waals surface area (Å²) >= 11 is 5.97. The molecule has 0 saturated carbocycles. The highest BCUT2D eigenvalue weighted by Crippen LogP contribution is 2.29. The average molecular weight is 284 g/mol. The molecule has 0 spiro atoms. The maximum atomic E-state index is 13.3. The predicted molar refractivity (Wildman–Crippen MR) is 71.8 cm³/mol. The van der Waals surface area contributed by atoms with Crippen LogP contribution in [0, 0.1) is 5.82 Å². The fraction of sp³-hybridized carbons (Fsp3) is 0.462. The van der Waals surface area contributed by atoms with Gasteiger partial charge in [-0.2, -0.15) is 0 Å². The Morgan fingerprint density at radius 3 is 2.89 bits per heavy atom. The molecular weight excluding hydrogens is 269 g/mol. The zero-order valence-corrected chi connectivity index (χ0v) is 11.4. The Bertz CT molecular complexity index is 595. The summed E-state index contributed by atoms with van der Waals surface area (Å²) < 4.78 is 19.0. The van der Waals surface area contributed by atoms with Crippen LogP contribution in [-0.2, 0) is 0 Å². The number of aromatic nitrogens is 1. The van der Waals surface area contributed by atoms with Gasteiger partial charge in [0, 0.05) is 32.2 Å². The third kappa shape index (κ3) is 2.45. The molecule has 0 radical (unpaired) electrons. The second-order valence-corrected chi connectivity index (χ2v) is 5.16. The van der Waals surface area contributed by atoms with E-state index in [1.165, 1.54) is 12.1 Å². The van der Waals surface area contributed by atoms with E-state index in [9.17, 15) is 4.39 Å². The zero-order chi connectivity index (χ0) is 13.4. The molecule has 0 amide bonds. The van der Waals surface area contributed by atoms with Gasteiger partial charge in [-0.05, 0) is 13.0 Å². The third-order valence-electron chi connectivity index (χ3n) is 3.48. The molecule has 1 aliphatic rings. The first-order valence-corrected chi connectivity index (χ1v) is 6.73. The van der Waals surface area contributed by atoms with Crippen LogP contribution in [0.4, 0.5) is 4.39 Å². The second kappa shape index (κ2) is 5.07. The Morgan fingerprint density at radius 1 is 1.42 bits per heavy atom. The Morgan fingerprint density at radius 2 is 2.16 bits per heavy atom. The molecular formula is C13H15ClFN3O. The van der Waals surface area contributed by atoms with Crippen LogP contribution in [0.5, 0.6) is 0 Å². The molecule has 1 aliphatic heterocycles. The molecule has 19 heavy (non-hydrogen) atoms. The fourth-order valence-electron chi connectivity index (χ4n) is 2.38. The number of piperazine rings is 1. The van der Waals surface area contributed by atoms with Crippen LogP contribution in [-0.4, -0.2) is 36.1 Å². The zero-order valence-electron chi connectivity index (χ0n) is 10.6. The van der Waals surface area contributed by atoms with Gasteiger partial charge in [-0.3, -0.25) is 4.90 Å². The Labute approximate surface area is 115 Å². The van der Waals surface area contributed by atoms with Gasteiger partial charge in [0.05, 0.1) is 11.1 Å². The summed E-state index contributed by atoms with van der Waals surface area (Å²) in [5, 5.41) is 3.57. The number of nitrogens with one attached hydrogen (secondary N) is 1. The van der Waals surface area contributed by atoms with E-state index in [1.54, 1.807) is 0 Å². The van der Waals surface area contributed by atoms with Crippen LogP contribution in [0.1, 0.15) is 18.9 Å². The first kappa shape index (κ1) is 12.8. The van der Waals surface area contributed by atoms with Crippen LogP contribution in [0.3, 0.4) is 0 Å². The first-order valence-electron chi connectivity index (χ1n) is 6.35. The largest absolute Gasteiger partial charge is 0.437 e. The van der Waals surface area contributed by atoms with Gasteiger partial charge >= 0.3 is 0 Å². The summed E-state index contributed by atoms with van der Waals surface area (Å²) in [6.07, 6.45) is 0. The monoisotopic (exact) mass is 283 g/mol. The van der Waals surface area contributed by atoms with Crippen molar-refractivity contribution in [3.8, 4) is 0 Å². The smallest absolute Gasteiger partial charge is 0.212 e. The number of oxazole rings is 1. The van der Waals surface area contributed by atoms with Crippen molar-refractivity contribution in [1.82, 2.24) is 15.2 Å². The molecule has 1 fully saturated rings. The van der Waals surface area contributed by atoms with Gasteiger partial charge < -0.3 is 9.73 Å². The lowest BCUT2D eigenvalue weighted by Gasteiger charge is -2.30. The SMILES string of the molecule is CC(c1nc2cc(F)cc(Cl)c2o1)N1CCNCC1. The molecule has 4 nitrogen and oxygen atoms in total. The summed E-state index contributed by atoms with van der Waals surface area (Å²) in [5.41, 5.74) is 0.932. The number of fused-ring (bicyclic) bond motifs is 1. The quantitative estimate of drug-likeness (QED) is 0.920. The molecule has 6 heteroatoms. The van der Waals surface area contributed by atoms with Crippen LogP contribution in [0.25, 0.3) is 11.1 Å². The fourth-order valence-corrected chi connectivity index (χ4v) is 2.62. The molecule has 0 bridgehead atoms. The average Bonchev–Trinajstić information content (AvgIpc) is 2.83. The molecule has 1 saturated heterocycles. The summed E-state index contributed by atoms with van der Waals surface area (Å²) in [4.78, 5) is 6.64. The van der Waals surface area contributed by atoms with Crippen molar-refractivity contribution in [2.75, 3.05) is 26.2 Å². The van der Waals surface area contributed by atoms with Crippen LogP contribution < -0.4 is 5.32 Å². The highest BCUT2D eigenvalue weighted by Gasteiger charge is 2.23. The van der Waals surface area contributed by atoms with Crippen LogP contribution in [0.2, 0.25) is 5.02 Å². The highest BCUT2D eigenvalue weighted by molar-refractivity contribution is 6.34. The second-order valence-electron chi connectivity index (χ2n) is 4.75. The molecule has 1 atom stereocenters. The molecule has 1 N–H and O–H groups in total. The van der Waals surface area contributed by atoms with Crippen molar-refractivity contribution in [2.24, 2.45) is 0 Å². The number of halogens is 2. The van der Waals surface area contributed by atoms with E-state index in [2.05, 4.69) is 15.2 Å². The summed E-state index contributed by atoms with van der Waals surface area (Å²) in [7, 11) is 0. The van der Waals surface area contributed by atoms with Crippen molar-refractivity contribution in [3.05, 3.63) is 28.9 Å². The Kier molecular flexibility index (Phi) is 3.43. The first-order chi connectivity index (χ1) is 9.15. The summed E-state index contributed by atoms with van der Waals surface area (Å²) in [6, 6.07) is 2.65. The van der Waals surface area contributed by atoms with Crippen LogP contribution in [0.15, 0.2) is 16.5 Å². The number of benzene rings is 1. The minimum atomic E-state index is -0.396. The Hall–Kier alpha value is -1.17. The molecule has 1 aromatic carbocycles. The topological polar surface area (TPSA) is 41.3 Å². The molecule has 2 aromatic rings. The van der Waals surface area contributed by atoms with E-state index < -0.39 is 5.82 Å². The summed E-state index contributed by atoms with van der Waals surface area (Å²) in [5.74, 6) is 0.191. The lowest BCUT2D eigenvalue weighted by molar-refractivity contribution is 0.164. The van der Waals surface area contributed by atoms with E-state index in [0.29, 0.717) is 17.0 Å². The maximum absolute atomic E-state index is 13.3. The number of rotatable bonds is 2. The lowest BCUT2D eigenvalue weighted by Crippen LogP contribution is -2.44. The van der Waals surface area contributed by atoms with Crippen molar-refractivity contribution < 1.29 is 8.81 Å². The summed E-state index contributed by atoms with van der Waals surface area (Å²) in [6.45, 7) is 5.85. The molecule has 2 heterocycles. The van der Waals surface area contributed by atoms with Gasteiger partial charge in [0.15, 0.2) is 5.58 Å². The maximum Gasteiger partial charge on any atom is 0.212 e. The van der Waals surface area contributed by atoms with E-state index in [1.807, 2.05) is 6.92 Å². The normalized spacial score (nSPS) is 18.9. The molecule has 1 unspecified atom stereocenters. The molecule has 102 valence electrons. The van der Waals surface area contributed by atoms with Gasteiger partial charge in [-0.15, -0.1) is 0 Å². The molecule has 3 rings (SSSR count). The van der Waals surface area contributed by atoms with E-state index in [0.717, 1.165) is 26.2 Å². The number of nitrogens with zero attached hydrogens (tertiary/aromatic N) is 2. The van der Waals surface area contributed by atoms with Crippen molar-refractivity contribution in [2.45, 2.75) is 13.0 Å². The van der Waals surface area contributed by atoms with Gasteiger partial charge in [-0.25, -0.2) is 9.37 Å². The van der Waals surface area contributed by atoms with Crippen molar-refractivity contribution in [3.63, 3.8) is 0 Å². The van der Waals surface area contributed by atoms with E-state index in [4.69, 9.17) is 16.0 Å². The number of hydrogen-bond acceptors (Lipinski definition) is 4. The molecule has 1 aromatic heterocycles. The van der Waals surface area contributed by atoms with Gasteiger partial charge in [0.25, 0.3) is 0 Å². The van der Waals surface area contributed by atoms with E-state index >= 15 is 0 Å². The van der Waals surface area contributed by atoms with Gasteiger partial charge in [-0.1, -0.05) is 11.6 Å². The third-order valence-corrected chi connectivity index (χ3v) is 3.76. The predicted octanol–water partition coefficient (Wildman–Crippen LogP) is 2.59. The lowest BCUT2D eigenvalue weighted by atomic mass is 10.2. The standard InChI is InChI=1S/C13H15ClFN3O/c1-8(18-4-2-16-3-5-18)13-17-11-7-9(15)6-10(14)12(11)19-13/h6-8,16H,2-5H2,1H3. The van der Waals surface area contributed by atoms with Gasteiger partial charge in [0.1, 0.15) is 11.3 Å².